The van der Waals surface area contributed by atoms with E-state index in [2.05, 4.69) is 17.4 Å². The van der Waals surface area contributed by atoms with Crippen molar-refractivity contribution in [3.05, 3.63) is 35.9 Å². The zero-order valence-electron chi connectivity index (χ0n) is 13.0. The van der Waals surface area contributed by atoms with Gasteiger partial charge in [-0.05, 0) is 37.7 Å². The predicted molar refractivity (Wildman–Crippen MR) is 85.0 cm³/mol. The van der Waals surface area contributed by atoms with E-state index in [4.69, 9.17) is 0 Å². The molecule has 2 rings (SSSR count). The lowest BCUT2D eigenvalue weighted by Crippen LogP contribution is -2.42. The minimum Gasteiger partial charge on any atom is -0.388 e. The molecule has 1 aromatic carbocycles. The molecule has 1 atom stereocenters. The maximum atomic E-state index is 12.1. The van der Waals surface area contributed by atoms with Gasteiger partial charge in [0.25, 0.3) is 0 Å². The summed E-state index contributed by atoms with van der Waals surface area (Å²) >= 11 is 0. The highest BCUT2D eigenvalue weighted by atomic mass is 16.3. The van der Waals surface area contributed by atoms with Gasteiger partial charge in [-0.25, -0.2) is 0 Å². The molecular weight excluding hydrogens is 262 g/mol. The summed E-state index contributed by atoms with van der Waals surface area (Å²) in [6, 6.07) is 10.4. The average Bonchev–Trinajstić information content (AvgIpc) is 2.93. The van der Waals surface area contributed by atoms with Gasteiger partial charge in [-0.3, -0.25) is 4.79 Å². The van der Waals surface area contributed by atoms with Crippen LogP contribution in [0.5, 0.6) is 0 Å². The van der Waals surface area contributed by atoms with Crippen LogP contribution in [-0.4, -0.2) is 23.2 Å². The highest BCUT2D eigenvalue weighted by Crippen LogP contribution is 2.28. The summed E-state index contributed by atoms with van der Waals surface area (Å²) in [6.45, 7) is 2.38. The Morgan fingerprint density at radius 3 is 2.62 bits per heavy atom. The largest absolute Gasteiger partial charge is 0.388 e. The number of aliphatic hydroxyl groups is 1. The van der Waals surface area contributed by atoms with Crippen LogP contribution in [0.15, 0.2) is 30.3 Å². The second kappa shape index (κ2) is 7.60. The molecule has 0 heterocycles. The molecule has 0 aliphatic heterocycles. The van der Waals surface area contributed by atoms with Gasteiger partial charge in [0.1, 0.15) is 0 Å². The number of rotatable bonds is 7. The van der Waals surface area contributed by atoms with Crippen LogP contribution in [0.4, 0.5) is 0 Å². The number of carbonyl (C=O) groups is 1. The van der Waals surface area contributed by atoms with Crippen molar-refractivity contribution in [1.82, 2.24) is 5.32 Å². The van der Waals surface area contributed by atoms with Crippen LogP contribution in [0.25, 0.3) is 0 Å². The highest BCUT2D eigenvalue weighted by molar-refractivity contribution is 5.78. The van der Waals surface area contributed by atoms with Crippen molar-refractivity contribution in [2.75, 3.05) is 6.54 Å². The SMILES string of the molecule is CC(CCCc1ccccc1)C(=O)NCC1(O)CCCC1. The van der Waals surface area contributed by atoms with E-state index in [9.17, 15) is 9.90 Å². The lowest BCUT2D eigenvalue weighted by molar-refractivity contribution is -0.125. The Labute approximate surface area is 127 Å². The molecule has 21 heavy (non-hydrogen) atoms. The van der Waals surface area contributed by atoms with Crippen LogP contribution in [0.1, 0.15) is 51.0 Å². The van der Waals surface area contributed by atoms with Gasteiger partial charge >= 0.3 is 0 Å². The lowest BCUT2D eigenvalue weighted by Gasteiger charge is -2.23. The molecule has 1 aliphatic rings. The van der Waals surface area contributed by atoms with E-state index in [1.54, 1.807) is 0 Å². The van der Waals surface area contributed by atoms with E-state index >= 15 is 0 Å². The first-order chi connectivity index (χ1) is 10.1. The normalized spacial score (nSPS) is 18.4. The summed E-state index contributed by atoms with van der Waals surface area (Å²) in [4.78, 5) is 12.1. The average molecular weight is 289 g/mol. The quantitative estimate of drug-likeness (QED) is 0.810. The molecule has 0 bridgehead atoms. The smallest absolute Gasteiger partial charge is 0.222 e. The number of hydrogen-bond acceptors (Lipinski definition) is 2. The van der Waals surface area contributed by atoms with E-state index in [0.717, 1.165) is 44.9 Å². The Balaban J connectivity index is 1.65. The molecule has 116 valence electrons. The van der Waals surface area contributed by atoms with Gasteiger partial charge in [0.05, 0.1) is 5.60 Å². The Kier molecular flexibility index (Phi) is 5.80. The molecule has 1 unspecified atom stereocenters. The maximum Gasteiger partial charge on any atom is 0.222 e. The van der Waals surface area contributed by atoms with E-state index in [1.165, 1.54) is 5.56 Å². The van der Waals surface area contributed by atoms with Crippen LogP contribution in [0.3, 0.4) is 0 Å². The zero-order chi connectivity index (χ0) is 15.1. The van der Waals surface area contributed by atoms with E-state index in [1.807, 2.05) is 25.1 Å². The summed E-state index contributed by atoms with van der Waals surface area (Å²) in [6.07, 6.45) is 6.69. The molecule has 0 saturated heterocycles. The summed E-state index contributed by atoms with van der Waals surface area (Å²) in [7, 11) is 0. The Morgan fingerprint density at radius 2 is 1.95 bits per heavy atom. The number of nitrogens with one attached hydrogen (secondary N) is 1. The van der Waals surface area contributed by atoms with Crippen LogP contribution in [0.2, 0.25) is 0 Å². The zero-order valence-corrected chi connectivity index (χ0v) is 13.0. The van der Waals surface area contributed by atoms with Crippen molar-refractivity contribution in [3.8, 4) is 0 Å². The fourth-order valence-corrected chi connectivity index (χ4v) is 3.02. The Morgan fingerprint density at radius 1 is 1.29 bits per heavy atom. The lowest BCUT2D eigenvalue weighted by atomic mass is 9.99. The first kappa shape index (κ1) is 16.0. The highest BCUT2D eigenvalue weighted by Gasteiger charge is 2.31. The van der Waals surface area contributed by atoms with E-state index < -0.39 is 5.60 Å². The van der Waals surface area contributed by atoms with Gasteiger partial charge in [0.15, 0.2) is 0 Å². The standard InChI is InChI=1S/C18H27NO2/c1-15(8-7-11-16-9-3-2-4-10-16)17(20)19-14-18(21)12-5-6-13-18/h2-4,9-10,15,21H,5-8,11-14H2,1H3,(H,19,20). The van der Waals surface area contributed by atoms with Gasteiger partial charge < -0.3 is 10.4 Å². The molecular formula is C18H27NO2. The number of amides is 1. The van der Waals surface area contributed by atoms with Crippen LogP contribution < -0.4 is 5.32 Å². The number of benzene rings is 1. The monoisotopic (exact) mass is 289 g/mol. The van der Waals surface area contributed by atoms with Crippen molar-refractivity contribution in [2.24, 2.45) is 5.92 Å². The fraction of sp³-hybridized carbons (Fsp3) is 0.611. The predicted octanol–water partition coefficient (Wildman–Crippen LogP) is 3.07. The van der Waals surface area contributed by atoms with Gasteiger partial charge in [-0.1, -0.05) is 50.1 Å². The molecule has 3 heteroatoms. The molecule has 1 saturated carbocycles. The molecule has 1 amide bonds. The Bertz CT molecular complexity index is 438. The molecule has 3 nitrogen and oxygen atoms in total. The summed E-state index contributed by atoms with van der Waals surface area (Å²) in [5.41, 5.74) is 0.671. The number of hydrogen-bond donors (Lipinski definition) is 2. The molecule has 0 spiro atoms. The third-order valence-corrected chi connectivity index (χ3v) is 4.52. The minimum atomic E-state index is -0.653. The van der Waals surface area contributed by atoms with E-state index in [-0.39, 0.29) is 11.8 Å². The van der Waals surface area contributed by atoms with Crippen LogP contribution in [0, 0.1) is 5.92 Å². The second-order valence-corrected chi connectivity index (χ2v) is 6.43. The third kappa shape index (κ3) is 5.16. The molecule has 0 aromatic heterocycles. The number of aryl methyl sites for hydroxylation is 1. The Hall–Kier alpha value is -1.35. The minimum absolute atomic E-state index is 0.0127. The third-order valence-electron chi connectivity index (χ3n) is 4.52. The van der Waals surface area contributed by atoms with Crippen molar-refractivity contribution >= 4 is 5.91 Å². The first-order valence-electron chi connectivity index (χ1n) is 8.13. The van der Waals surface area contributed by atoms with Crippen molar-refractivity contribution < 1.29 is 9.90 Å². The van der Waals surface area contributed by atoms with Gasteiger partial charge in [0, 0.05) is 12.5 Å². The maximum absolute atomic E-state index is 12.1. The van der Waals surface area contributed by atoms with Crippen molar-refractivity contribution in [2.45, 2.75) is 57.5 Å². The van der Waals surface area contributed by atoms with Gasteiger partial charge in [-0.2, -0.15) is 0 Å². The molecule has 1 aromatic rings. The summed E-state index contributed by atoms with van der Waals surface area (Å²) in [5.74, 6) is 0.0853. The molecule has 1 fully saturated rings. The molecule has 1 aliphatic carbocycles. The molecule has 2 N–H and O–H groups in total. The van der Waals surface area contributed by atoms with Gasteiger partial charge in [-0.15, -0.1) is 0 Å². The topological polar surface area (TPSA) is 49.3 Å². The second-order valence-electron chi connectivity index (χ2n) is 6.43. The first-order valence-corrected chi connectivity index (χ1v) is 8.13. The number of carbonyl (C=O) groups excluding carboxylic acids is 1. The van der Waals surface area contributed by atoms with Crippen LogP contribution >= 0.6 is 0 Å². The molecule has 0 radical (unpaired) electrons. The summed E-state index contributed by atoms with van der Waals surface area (Å²) < 4.78 is 0. The fourth-order valence-electron chi connectivity index (χ4n) is 3.02. The van der Waals surface area contributed by atoms with Crippen molar-refractivity contribution in [1.29, 1.82) is 0 Å². The van der Waals surface area contributed by atoms with Gasteiger partial charge in [0.2, 0.25) is 5.91 Å². The van der Waals surface area contributed by atoms with Crippen molar-refractivity contribution in [3.63, 3.8) is 0 Å². The summed E-state index contributed by atoms with van der Waals surface area (Å²) in [5, 5.41) is 13.2. The van der Waals surface area contributed by atoms with E-state index in [0.29, 0.717) is 6.54 Å². The van der Waals surface area contributed by atoms with Crippen LogP contribution in [-0.2, 0) is 11.2 Å².